The summed E-state index contributed by atoms with van der Waals surface area (Å²) in [7, 11) is 0. The summed E-state index contributed by atoms with van der Waals surface area (Å²) in [5.41, 5.74) is 11.6. The molecule has 0 unspecified atom stereocenters. The van der Waals surface area contributed by atoms with E-state index in [4.69, 9.17) is 9.97 Å². The fraction of sp³-hybridized carbons (Fsp3) is 0. The van der Waals surface area contributed by atoms with E-state index in [0.29, 0.717) is 5.82 Å². The predicted octanol–water partition coefficient (Wildman–Crippen LogP) is 12.2. The third-order valence-electron chi connectivity index (χ3n) is 8.96. The minimum Gasteiger partial charge on any atom is -0.264 e. The molecule has 0 atom stereocenters. The monoisotopic (exact) mass is 643 g/mol. The molecule has 0 bridgehead atoms. The SMILES string of the molecule is c1ccc(-c2cc(-c3ccc4c(c3)sc3ccccc34)cc(-c3cc(-c4cccc(-c5cccnc5)c4)nc(-c4ccccc4)n3)c2)cc1. The Morgan fingerprint density at radius 3 is 1.73 bits per heavy atom. The van der Waals surface area contributed by atoms with E-state index < -0.39 is 0 Å². The van der Waals surface area contributed by atoms with Crippen molar-refractivity contribution in [2.45, 2.75) is 0 Å². The van der Waals surface area contributed by atoms with Crippen LogP contribution in [-0.4, -0.2) is 15.0 Å². The number of hydrogen-bond donors (Lipinski definition) is 0. The van der Waals surface area contributed by atoms with Gasteiger partial charge in [-0.1, -0.05) is 115 Å². The first-order valence-electron chi connectivity index (χ1n) is 16.3. The average Bonchev–Trinajstić information content (AvgIpc) is 3.57. The second-order valence-electron chi connectivity index (χ2n) is 12.1. The van der Waals surface area contributed by atoms with Gasteiger partial charge in [0.15, 0.2) is 5.82 Å². The van der Waals surface area contributed by atoms with Crippen LogP contribution in [0.1, 0.15) is 0 Å². The molecule has 0 N–H and O–H groups in total. The van der Waals surface area contributed by atoms with Gasteiger partial charge in [0, 0.05) is 54.8 Å². The van der Waals surface area contributed by atoms with Crippen molar-refractivity contribution in [3.8, 4) is 67.3 Å². The molecule has 0 radical (unpaired) electrons. The molecular formula is C45H29N3S. The highest BCUT2D eigenvalue weighted by molar-refractivity contribution is 7.25. The zero-order chi connectivity index (χ0) is 32.6. The molecule has 0 aliphatic heterocycles. The number of hydrogen-bond acceptors (Lipinski definition) is 4. The number of benzene rings is 6. The number of aromatic nitrogens is 3. The number of thiophene rings is 1. The van der Waals surface area contributed by atoms with Gasteiger partial charge in [-0.05, 0) is 76.3 Å². The molecule has 4 heteroatoms. The molecule has 0 saturated heterocycles. The smallest absolute Gasteiger partial charge is 0.160 e. The summed E-state index contributed by atoms with van der Waals surface area (Å²) in [5, 5.41) is 2.60. The van der Waals surface area contributed by atoms with E-state index in [-0.39, 0.29) is 0 Å². The summed E-state index contributed by atoms with van der Waals surface area (Å²) in [6, 6.07) is 57.8. The normalized spacial score (nSPS) is 11.3. The Balaban J connectivity index is 1.24. The van der Waals surface area contributed by atoms with Crippen LogP contribution in [0.5, 0.6) is 0 Å². The molecule has 9 rings (SSSR count). The van der Waals surface area contributed by atoms with Crippen LogP contribution >= 0.6 is 11.3 Å². The number of pyridine rings is 1. The van der Waals surface area contributed by atoms with Gasteiger partial charge in [0.25, 0.3) is 0 Å². The largest absolute Gasteiger partial charge is 0.264 e. The minimum absolute atomic E-state index is 0.693. The van der Waals surface area contributed by atoms with Gasteiger partial charge in [0.05, 0.1) is 11.4 Å². The van der Waals surface area contributed by atoms with Crippen LogP contribution in [-0.2, 0) is 0 Å². The molecule has 0 aliphatic rings. The van der Waals surface area contributed by atoms with Gasteiger partial charge in [-0.25, -0.2) is 9.97 Å². The molecule has 230 valence electrons. The van der Waals surface area contributed by atoms with E-state index in [1.54, 1.807) is 6.20 Å². The highest BCUT2D eigenvalue weighted by Gasteiger charge is 2.15. The zero-order valence-corrected chi connectivity index (χ0v) is 27.3. The first kappa shape index (κ1) is 29.0. The summed E-state index contributed by atoms with van der Waals surface area (Å²) in [6.07, 6.45) is 3.70. The maximum absolute atomic E-state index is 5.21. The molecular weight excluding hydrogens is 615 g/mol. The molecule has 0 spiro atoms. The predicted molar refractivity (Wildman–Crippen MR) is 205 cm³/mol. The van der Waals surface area contributed by atoms with Crippen molar-refractivity contribution in [2.24, 2.45) is 0 Å². The fourth-order valence-electron chi connectivity index (χ4n) is 6.50. The van der Waals surface area contributed by atoms with E-state index in [9.17, 15) is 0 Å². The maximum Gasteiger partial charge on any atom is 0.160 e. The molecule has 0 amide bonds. The molecule has 49 heavy (non-hydrogen) atoms. The molecule has 3 nitrogen and oxygen atoms in total. The average molecular weight is 644 g/mol. The summed E-state index contributed by atoms with van der Waals surface area (Å²) in [6.45, 7) is 0. The van der Waals surface area contributed by atoms with Crippen LogP contribution in [0.25, 0.3) is 87.5 Å². The van der Waals surface area contributed by atoms with Gasteiger partial charge in [-0.15, -0.1) is 11.3 Å². The van der Waals surface area contributed by atoms with Crippen molar-refractivity contribution in [3.05, 3.63) is 176 Å². The lowest BCUT2D eigenvalue weighted by molar-refractivity contribution is 1.18. The van der Waals surface area contributed by atoms with Crippen molar-refractivity contribution in [3.63, 3.8) is 0 Å². The molecule has 9 aromatic rings. The molecule has 0 fully saturated rings. The Bertz CT molecular complexity index is 2590. The van der Waals surface area contributed by atoms with E-state index in [1.165, 1.54) is 25.7 Å². The van der Waals surface area contributed by atoms with Crippen LogP contribution in [0.3, 0.4) is 0 Å². The van der Waals surface area contributed by atoms with Crippen LogP contribution in [0.4, 0.5) is 0 Å². The third-order valence-corrected chi connectivity index (χ3v) is 10.1. The lowest BCUT2D eigenvalue weighted by Gasteiger charge is -2.14. The topological polar surface area (TPSA) is 38.7 Å². The Morgan fingerprint density at radius 2 is 0.939 bits per heavy atom. The minimum atomic E-state index is 0.693. The van der Waals surface area contributed by atoms with Crippen molar-refractivity contribution < 1.29 is 0 Å². The molecule has 0 saturated carbocycles. The van der Waals surface area contributed by atoms with Gasteiger partial charge >= 0.3 is 0 Å². The van der Waals surface area contributed by atoms with E-state index >= 15 is 0 Å². The zero-order valence-electron chi connectivity index (χ0n) is 26.5. The quantitative estimate of drug-likeness (QED) is 0.181. The Hall–Kier alpha value is -6.23. The van der Waals surface area contributed by atoms with Crippen molar-refractivity contribution in [1.82, 2.24) is 15.0 Å². The van der Waals surface area contributed by atoms with Crippen molar-refractivity contribution in [2.75, 3.05) is 0 Å². The fourth-order valence-corrected chi connectivity index (χ4v) is 7.64. The van der Waals surface area contributed by atoms with E-state index in [2.05, 4.69) is 145 Å². The lowest BCUT2D eigenvalue weighted by atomic mass is 9.94. The first-order chi connectivity index (χ1) is 24.2. The molecule has 3 aromatic heterocycles. The summed E-state index contributed by atoms with van der Waals surface area (Å²) in [5.74, 6) is 0.693. The number of rotatable bonds is 6. The highest BCUT2D eigenvalue weighted by atomic mass is 32.1. The highest BCUT2D eigenvalue weighted by Crippen LogP contribution is 2.39. The third kappa shape index (κ3) is 5.69. The maximum atomic E-state index is 5.21. The Labute approximate surface area is 288 Å². The van der Waals surface area contributed by atoms with Crippen LogP contribution in [0, 0.1) is 0 Å². The standard InChI is InChI=1S/C45H29N3S/c1-3-11-30(12-4-1)36-24-37(33-20-21-40-39-18-7-8-19-43(39)49-44(40)27-33)26-38(25-36)42-28-41(47-45(48-42)31-13-5-2-6-14-31)34-16-9-15-32(23-34)35-17-10-22-46-29-35/h1-29H. The number of nitrogens with zero attached hydrogens (tertiary/aromatic N) is 3. The first-order valence-corrected chi connectivity index (χ1v) is 17.1. The Morgan fingerprint density at radius 1 is 0.347 bits per heavy atom. The lowest BCUT2D eigenvalue weighted by Crippen LogP contribution is -1.97. The number of fused-ring (bicyclic) bond motifs is 3. The summed E-state index contributed by atoms with van der Waals surface area (Å²) in [4.78, 5) is 14.7. The second-order valence-corrected chi connectivity index (χ2v) is 13.2. The van der Waals surface area contributed by atoms with Gasteiger partial charge < -0.3 is 0 Å². The van der Waals surface area contributed by atoms with E-state index in [0.717, 1.165) is 55.9 Å². The van der Waals surface area contributed by atoms with Gasteiger partial charge in [-0.3, -0.25) is 4.98 Å². The summed E-state index contributed by atoms with van der Waals surface area (Å²) >= 11 is 1.85. The second kappa shape index (κ2) is 12.4. The van der Waals surface area contributed by atoms with Crippen LogP contribution in [0.15, 0.2) is 176 Å². The molecule has 6 aromatic carbocycles. The van der Waals surface area contributed by atoms with Gasteiger partial charge in [0.1, 0.15) is 0 Å². The Kier molecular flexibility index (Phi) is 7.34. The molecule has 0 aliphatic carbocycles. The van der Waals surface area contributed by atoms with E-state index in [1.807, 2.05) is 41.8 Å². The van der Waals surface area contributed by atoms with Crippen LogP contribution < -0.4 is 0 Å². The summed E-state index contributed by atoms with van der Waals surface area (Å²) < 4.78 is 2.59. The van der Waals surface area contributed by atoms with Crippen molar-refractivity contribution >= 4 is 31.5 Å². The van der Waals surface area contributed by atoms with Crippen LogP contribution in [0.2, 0.25) is 0 Å². The van der Waals surface area contributed by atoms with Crippen molar-refractivity contribution in [1.29, 1.82) is 0 Å². The molecule has 3 heterocycles. The van der Waals surface area contributed by atoms with Gasteiger partial charge in [0.2, 0.25) is 0 Å². The van der Waals surface area contributed by atoms with Gasteiger partial charge in [-0.2, -0.15) is 0 Å².